The van der Waals surface area contributed by atoms with Crippen LogP contribution in [-0.4, -0.2) is 15.0 Å². The molecule has 0 unspecified atom stereocenters. The van der Waals surface area contributed by atoms with Crippen LogP contribution in [0.3, 0.4) is 0 Å². The third-order valence-corrected chi connectivity index (χ3v) is 3.73. The summed E-state index contributed by atoms with van der Waals surface area (Å²) in [5.41, 5.74) is 2.21. The van der Waals surface area contributed by atoms with Crippen molar-refractivity contribution in [1.82, 2.24) is 4.72 Å². The normalized spacial score (nSPS) is 11.7. The fraction of sp³-hybridized carbons (Fsp3) is 0.286. The molecular weight excluding hydrogens is 246 g/mol. The lowest BCUT2D eigenvalue weighted by molar-refractivity contribution is 0.585. The van der Waals surface area contributed by atoms with Gasteiger partial charge in [0, 0.05) is 6.54 Å². The highest BCUT2D eigenvalue weighted by Gasteiger charge is 2.11. The number of allylic oxidation sites excluding steroid dienone is 3. The zero-order valence-electron chi connectivity index (χ0n) is 11.0. The van der Waals surface area contributed by atoms with Gasteiger partial charge >= 0.3 is 0 Å². The van der Waals surface area contributed by atoms with Gasteiger partial charge in [-0.3, -0.25) is 0 Å². The Morgan fingerprint density at radius 1 is 1.22 bits per heavy atom. The zero-order valence-corrected chi connectivity index (χ0v) is 11.8. The first-order chi connectivity index (χ1) is 8.42. The van der Waals surface area contributed by atoms with Gasteiger partial charge in [-0.25, -0.2) is 13.1 Å². The van der Waals surface area contributed by atoms with E-state index in [-0.39, 0.29) is 0 Å². The van der Waals surface area contributed by atoms with Crippen LogP contribution in [0.15, 0.2) is 53.0 Å². The zero-order chi connectivity index (χ0) is 13.6. The largest absolute Gasteiger partial charge is 0.240 e. The van der Waals surface area contributed by atoms with Crippen molar-refractivity contribution in [2.24, 2.45) is 0 Å². The maximum Gasteiger partial charge on any atom is 0.240 e. The van der Waals surface area contributed by atoms with Crippen molar-refractivity contribution >= 4 is 10.0 Å². The fourth-order valence-electron chi connectivity index (χ4n) is 1.29. The molecule has 0 atom stereocenters. The molecule has 3 nitrogen and oxygen atoms in total. The Morgan fingerprint density at radius 2 is 1.83 bits per heavy atom. The van der Waals surface area contributed by atoms with E-state index in [4.69, 9.17) is 0 Å². The lowest BCUT2D eigenvalue weighted by atomic mass is 10.2. The van der Waals surface area contributed by atoms with Crippen LogP contribution in [0.1, 0.15) is 19.4 Å². The van der Waals surface area contributed by atoms with E-state index in [2.05, 4.69) is 4.72 Å². The molecule has 18 heavy (non-hydrogen) atoms. The molecule has 4 heteroatoms. The van der Waals surface area contributed by atoms with Crippen LogP contribution < -0.4 is 4.72 Å². The third-order valence-electron chi connectivity index (χ3n) is 2.29. The molecule has 0 radical (unpaired) electrons. The first-order valence-corrected chi connectivity index (χ1v) is 7.26. The van der Waals surface area contributed by atoms with Crippen molar-refractivity contribution in [2.45, 2.75) is 25.7 Å². The van der Waals surface area contributed by atoms with Gasteiger partial charge < -0.3 is 0 Å². The van der Waals surface area contributed by atoms with Crippen molar-refractivity contribution in [1.29, 1.82) is 0 Å². The van der Waals surface area contributed by atoms with Crippen LogP contribution in [0, 0.1) is 6.92 Å². The second kappa shape index (κ2) is 6.52. The summed E-state index contributed by atoms with van der Waals surface area (Å²) >= 11 is 0. The van der Waals surface area contributed by atoms with Gasteiger partial charge in [-0.1, -0.05) is 41.5 Å². The van der Waals surface area contributed by atoms with Crippen LogP contribution in [0.4, 0.5) is 0 Å². The van der Waals surface area contributed by atoms with Crippen LogP contribution >= 0.6 is 0 Å². The molecular formula is C14H19NO2S. The highest BCUT2D eigenvalue weighted by Crippen LogP contribution is 2.09. The van der Waals surface area contributed by atoms with Gasteiger partial charge in [-0.2, -0.15) is 0 Å². The first-order valence-electron chi connectivity index (χ1n) is 5.78. The van der Waals surface area contributed by atoms with Gasteiger partial charge in [0.1, 0.15) is 0 Å². The quantitative estimate of drug-likeness (QED) is 0.832. The van der Waals surface area contributed by atoms with E-state index in [1.165, 1.54) is 5.57 Å². The molecule has 1 N–H and O–H groups in total. The Hall–Kier alpha value is -1.39. The molecule has 1 aromatic carbocycles. The van der Waals surface area contributed by atoms with Crippen LogP contribution in [0.2, 0.25) is 0 Å². The Balaban J connectivity index is 2.63. The average Bonchev–Trinajstić information content (AvgIpc) is 2.28. The maximum absolute atomic E-state index is 11.9. The van der Waals surface area contributed by atoms with Crippen molar-refractivity contribution in [3.63, 3.8) is 0 Å². The van der Waals surface area contributed by atoms with Crippen molar-refractivity contribution in [2.75, 3.05) is 6.54 Å². The standard InChI is InChI=1S/C14H19NO2S/c1-12(2)6-4-5-11-15-18(16,17)14-9-7-13(3)8-10-14/h4-10,15H,11H2,1-3H3/b5-4+. The Bertz CT molecular complexity index is 536. The Morgan fingerprint density at radius 3 is 2.39 bits per heavy atom. The second-order valence-corrected chi connectivity index (χ2v) is 6.10. The molecule has 0 heterocycles. The predicted molar refractivity (Wildman–Crippen MR) is 74.9 cm³/mol. The monoisotopic (exact) mass is 265 g/mol. The summed E-state index contributed by atoms with van der Waals surface area (Å²) in [5, 5.41) is 0. The third kappa shape index (κ3) is 4.85. The molecule has 0 aliphatic heterocycles. The van der Waals surface area contributed by atoms with E-state index < -0.39 is 10.0 Å². The predicted octanol–water partition coefficient (Wildman–Crippen LogP) is 2.80. The molecule has 0 fully saturated rings. The van der Waals surface area contributed by atoms with Crippen molar-refractivity contribution in [3.8, 4) is 0 Å². The van der Waals surface area contributed by atoms with Crippen molar-refractivity contribution < 1.29 is 8.42 Å². The minimum atomic E-state index is -3.40. The topological polar surface area (TPSA) is 46.2 Å². The molecule has 0 spiro atoms. The van der Waals surface area contributed by atoms with Gasteiger partial charge in [0.25, 0.3) is 0 Å². The summed E-state index contributed by atoms with van der Waals surface area (Å²) in [6.07, 6.45) is 5.55. The second-order valence-electron chi connectivity index (χ2n) is 4.34. The Labute approximate surface area is 109 Å². The summed E-state index contributed by atoms with van der Waals surface area (Å²) < 4.78 is 26.3. The van der Waals surface area contributed by atoms with Crippen LogP contribution in [0.5, 0.6) is 0 Å². The molecule has 0 saturated heterocycles. The smallest absolute Gasteiger partial charge is 0.207 e. The van der Waals surface area contributed by atoms with E-state index in [9.17, 15) is 8.42 Å². The molecule has 98 valence electrons. The SMILES string of the molecule is CC(C)=C/C=C/CNS(=O)(=O)c1ccc(C)cc1. The molecule has 0 aliphatic rings. The maximum atomic E-state index is 11.9. The van der Waals surface area contributed by atoms with Crippen LogP contribution in [0.25, 0.3) is 0 Å². The summed E-state index contributed by atoms with van der Waals surface area (Å²) in [7, 11) is -3.40. The highest BCUT2D eigenvalue weighted by molar-refractivity contribution is 7.89. The number of sulfonamides is 1. The Kier molecular flexibility index (Phi) is 5.31. The number of hydrogen-bond acceptors (Lipinski definition) is 2. The van der Waals surface area contributed by atoms with Gasteiger partial charge in [0.05, 0.1) is 4.90 Å². The van der Waals surface area contributed by atoms with Gasteiger partial charge in [-0.05, 0) is 32.9 Å². The summed E-state index contributed by atoms with van der Waals surface area (Å²) in [4.78, 5) is 0.295. The lowest BCUT2D eigenvalue weighted by Crippen LogP contribution is -2.23. The molecule has 0 saturated carbocycles. The molecule has 0 amide bonds. The minimum absolute atomic E-state index is 0.292. The van der Waals surface area contributed by atoms with Gasteiger partial charge in [-0.15, -0.1) is 0 Å². The van der Waals surface area contributed by atoms with E-state index in [0.717, 1.165) is 5.56 Å². The number of benzene rings is 1. The fourth-order valence-corrected chi connectivity index (χ4v) is 2.26. The molecule has 0 aliphatic carbocycles. The molecule has 1 rings (SSSR count). The number of rotatable bonds is 5. The summed E-state index contributed by atoms with van der Waals surface area (Å²) in [6, 6.07) is 6.79. The first kappa shape index (κ1) is 14.7. The van der Waals surface area contributed by atoms with Gasteiger partial charge in [0.15, 0.2) is 0 Å². The molecule has 0 aromatic heterocycles. The number of aryl methyl sites for hydroxylation is 1. The highest BCUT2D eigenvalue weighted by atomic mass is 32.2. The summed E-state index contributed by atoms with van der Waals surface area (Å²) in [6.45, 7) is 6.19. The molecule has 1 aromatic rings. The van der Waals surface area contributed by atoms with E-state index in [1.54, 1.807) is 30.3 Å². The van der Waals surface area contributed by atoms with Crippen molar-refractivity contribution in [3.05, 3.63) is 53.6 Å². The van der Waals surface area contributed by atoms with Crippen LogP contribution in [-0.2, 0) is 10.0 Å². The van der Waals surface area contributed by atoms with Gasteiger partial charge in [0.2, 0.25) is 10.0 Å². The minimum Gasteiger partial charge on any atom is -0.207 e. The lowest BCUT2D eigenvalue weighted by Gasteiger charge is -2.04. The van der Waals surface area contributed by atoms with E-state index in [0.29, 0.717) is 11.4 Å². The number of nitrogens with one attached hydrogen (secondary N) is 1. The average molecular weight is 265 g/mol. The van der Waals surface area contributed by atoms with E-state index >= 15 is 0 Å². The molecule has 0 bridgehead atoms. The number of hydrogen-bond donors (Lipinski definition) is 1. The summed E-state index contributed by atoms with van der Waals surface area (Å²) in [5.74, 6) is 0. The van der Waals surface area contributed by atoms with E-state index in [1.807, 2.05) is 32.9 Å².